The van der Waals surface area contributed by atoms with E-state index in [1.807, 2.05) is 36.5 Å². The van der Waals surface area contributed by atoms with Gasteiger partial charge < -0.3 is 25.8 Å². The predicted molar refractivity (Wildman–Crippen MR) is 161 cm³/mol. The van der Waals surface area contributed by atoms with E-state index in [4.69, 9.17) is 0 Å². The zero-order valence-electron chi connectivity index (χ0n) is 24.8. The number of aryl methyl sites for hydroxylation is 1. The van der Waals surface area contributed by atoms with Crippen molar-refractivity contribution >= 4 is 34.2 Å². The minimum atomic E-state index is -4.87. The molecule has 2 aromatic carbocycles. The van der Waals surface area contributed by atoms with Crippen LogP contribution in [0.2, 0.25) is 0 Å². The van der Waals surface area contributed by atoms with Gasteiger partial charge in [-0.05, 0) is 48.1 Å². The Morgan fingerprint density at radius 2 is 1.62 bits per heavy atom. The Hall–Kier alpha value is -3.01. The number of sulfone groups is 1. The fourth-order valence-electron chi connectivity index (χ4n) is 4.23. The molecule has 9 nitrogen and oxygen atoms in total. The fourth-order valence-corrected chi connectivity index (χ4v) is 5.87. The van der Waals surface area contributed by atoms with E-state index in [0.717, 1.165) is 29.7 Å². The third-order valence-corrected chi connectivity index (χ3v) is 8.21. The molecule has 254 valence electrons. The summed E-state index contributed by atoms with van der Waals surface area (Å²) in [6.07, 6.45) is -6.74. The highest BCUT2D eigenvalue weighted by atomic mass is 35.5. The molecule has 0 saturated heterocycles. The number of hydrogen-bond donors (Lipinski definition) is 4. The quantitative estimate of drug-likeness (QED) is 0.185. The van der Waals surface area contributed by atoms with Crippen LogP contribution >= 0.6 is 12.4 Å². The molecule has 0 unspecified atom stereocenters. The number of rotatable bonds is 17. The molecule has 0 aliphatic carbocycles. The van der Waals surface area contributed by atoms with Gasteiger partial charge in [0.1, 0.15) is 17.7 Å². The lowest BCUT2D eigenvalue weighted by atomic mass is 10.00. The second kappa shape index (κ2) is 18.8. The van der Waals surface area contributed by atoms with E-state index in [-0.39, 0.29) is 43.1 Å². The first-order chi connectivity index (χ1) is 20.6. The van der Waals surface area contributed by atoms with Gasteiger partial charge in [0.2, 0.25) is 5.91 Å². The summed E-state index contributed by atoms with van der Waals surface area (Å²) in [5, 5.41) is 18.3. The first kappa shape index (κ1) is 40.0. The molecule has 0 aliphatic heterocycles. The zero-order valence-corrected chi connectivity index (χ0v) is 26.5. The van der Waals surface area contributed by atoms with Gasteiger partial charge in [-0.2, -0.15) is 13.2 Å². The molecule has 16 heteroatoms. The van der Waals surface area contributed by atoms with E-state index >= 15 is 0 Å². The maximum absolute atomic E-state index is 13.9. The second-order valence-corrected chi connectivity index (χ2v) is 12.6. The van der Waals surface area contributed by atoms with Gasteiger partial charge in [-0.15, -0.1) is 12.4 Å². The van der Waals surface area contributed by atoms with Crippen molar-refractivity contribution in [2.75, 3.05) is 24.7 Å². The molecule has 0 radical (unpaired) electrons. The first-order valence-electron chi connectivity index (χ1n) is 14.0. The number of aliphatic hydroxyl groups is 1. The van der Waals surface area contributed by atoms with Crippen molar-refractivity contribution in [1.29, 1.82) is 0 Å². The minimum absolute atomic E-state index is 0. The van der Waals surface area contributed by atoms with Crippen LogP contribution in [0.15, 0.2) is 42.5 Å². The molecule has 45 heavy (non-hydrogen) atoms. The van der Waals surface area contributed by atoms with Gasteiger partial charge in [-0.1, -0.05) is 44.5 Å². The predicted octanol–water partition coefficient (Wildman–Crippen LogP) is 4.00. The van der Waals surface area contributed by atoms with Crippen molar-refractivity contribution in [3.63, 3.8) is 0 Å². The molecule has 2 rings (SSSR count). The van der Waals surface area contributed by atoms with E-state index in [2.05, 4.69) is 15.4 Å². The summed E-state index contributed by atoms with van der Waals surface area (Å²) >= 11 is 0. The van der Waals surface area contributed by atoms with E-state index < -0.39 is 70.2 Å². The van der Waals surface area contributed by atoms with Crippen molar-refractivity contribution in [3.05, 3.63) is 70.8 Å². The molecule has 0 fully saturated rings. The smallest absolute Gasteiger partial charge is 0.422 e. The van der Waals surface area contributed by atoms with Gasteiger partial charge >= 0.3 is 12.3 Å². The number of carbonyl (C=O) groups excluding carboxylic acids is 2. The van der Waals surface area contributed by atoms with E-state index in [1.165, 1.54) is 0 Å². The molecule has 0 aliphatic rings. The molecular formula is C29H39ClF5N3O6S. The number of alkyl halides is 3. The van der Waals surface area contributed by atoms with Crippen molar-refractivity contribution < 1.29 is 49.8 Å². The van der Waals surface area contributed by atoms with Crippen molar-refractivity contribution in [1.82, 2.24) is 16.0 Å². The molecule has 2 amide bonds. The van der Waals surface area contributed by atoms with Crippen molar-refractivity contribution in [2.45, 2.75) is 70.4 Å². The number of unbranched alkanes of at least 4 members (excludes halogenated alkanes) is 1. The minimum Gasteiger partial charge on any atom is -0.440 e. The maximum Gasteiger partial charge on any atom is 0.422 e. The van der Waals surface area contributed by atoms with Crippen LogP contribution in [0.25, 0.3) is 0 Å². The van der Waals surface area contributed by atoms with Crippen molar-refractivity contribution in [2.24, 2.45) is 0 Å². The molecular weight excluding hydrogens is 649 g/mol. The number of carbonyl (C=O) groups is 2. The van der Waals surface area contributed by atoms with Crippen molar-refractivity contribution in [3.8, 4) is 0 Å². The lowest BCUT2D eigenvalue weighted by Crippen LogP contribution is -2.56. The van der Waals surface area contributed by atoms with Crippen LogP contribution in [0.3, 0.4) is 0 Å². The summed E-state index contributed by atoms with van der Waals surface area (Å²) in [5.41, 5.74) is 2.04. The van der Waals surface area contributed by atoms with Crippen LogP contribution in [0.5, 0.6) is 0 Å². The first-order valence-corrected chi connectivity index (χ1v) is 15.8. The number of amides is 2. The van der Waals surface area contributed by atoms with Gasteiger partial charge in [0.25, 0.3) is 0 Å². The van der Waals surface area contributed by atoms with Crippen LogP contribution in [-0.2, 0) is 38.8 Å². The van der Waals surface area contributed by atoms with Crippen LogP contribution < -0.4 is 16.0 Å². The zero-order chi connectivity index (χ0) is 32.9. The SMILES string of the molecule is CCCCS(=O)(=O)C[C@@H](NC(=O)OCC(F)(F)F)C(=O)N[C@@H](Cc1cc(F)cc(F)c1)[C@H](O)CNCc1cccc(CC)c1.Cl. The maximum atomic E-state index is 13.9. The summed E-state index contributed by atoms with van der Waals surface area (Å²) in [6.45, 7) is 1.94. The van der Waals surface area contributed by atoms with Gasteiger partial charge in [-0.25, -0.2) is 22.0 Å². The molecule has 0 heterocycles. The largest absolute Gasteiger partial charge is 0.440 e. The highest BCUT2D eigenvalue weighted by molar-refractivity contribution is 7.91. The van der Waals surface area contributed by atoms with Crippen LogP contribution in [-0.4, -0.2) is 74.5 Å². The monoisotopic (exact) mass is 687 g/mol. The number of hydrogen-bond acceptors (Lipinski definition) is 7. The molecule has 0 saturated carbocycles. The molecule has 0 bridgehead atoms. The van der Waals surface area contributed by atoms with Crippen LogP contribution in [0.4, 0.5) is 26.7 Å². The van der Waals surface area contributed by atoms with Gasteiger partial charge in [-0.3, -0.25) is 4.79 Å². The summed E-state index contributed by atoms with van der Waals surface area (Å²) in [6, 6.07) is 7.07. The van der Waals surface area contributed by atoms with Gasteiger partial charge in [0, 0.05) is 19.2 Å². The Labute approximate surface area is 265 Å². The molecule has 0 spiro atoms. The average Bonchev–Trinajstić information content (AvgIpc) is 2.93. The molecule has 2 aromatic rings. The normalized spacial score (nSPS) is 13.7. The number of alkyl carbamates (subject to hydrolysis) is 1. The number of halogens is 6. The molecule has 4 N–H and O–H groups in total. The summed E-state index contributed by atoms with van der Waals surface area (Å²) in [4.78, 5) is 25.3. The lowest BCUT2D eigenvalue weighted by Gasteiger charge is -2.27. The van der Waals surface area contributed by atoms with Crippen LogP contribution in [0.1, 0.15) is 43.4 Å². The Balaban J connectivity index is 0.0000101. The summed E-state index contributed by atoms with van der Waals surface area (Å²) in [5.74, 6) is -4.32. The lowest BCUT2D eigenvalue weighted by molar-refractivity contribution is -0.160. The fraction of sp³-hybridized carbons (Fsp3) is 0.517. The second-order valence-electron chi connectivity index (χ2n) is 10.3. The number of ether oxygens (including phenoxy) is 1. The molecule has 0 aromatic heterocycles. The topological polar surface area (TPSA) is 134 Å². The Morgan fingerprint density at radius 3 is 2.22 bits per heavy atom. The number of nitrogens with one attached hydrogen (secondary N) is 3. The number of benzene rings is 2. The van der Waals surface area contributed by atoms with Gasteiger partial charge in [0.15, 0.2) is 16.4 Å². The Bertz CT molecular complexity index is 1330. The van der Waals surface area contributed by atoms with Crippen LogP contribution in [0, 0.1) is 11.6 Å². The van der Waals surface area contributed by atoms with Gasteiger partial charge in [0.05, 0.1) is 23.7 Å². The third kappa shape index (κ3) is 15.7. The summed E-state index contributed by atoms with van der Waals surface area (Å²) < 4.78 is 94.7. The summed E-state index contributed by atoms with van der Waals surface area (Å²) in [7, 11) is -3.98. The third-order valence-electron chi connectivity index (χ3n) is 6.46. The van der Waals surface area contributed by atoms with E-state index in [9.17, 15) is 45.1 Å². The Kier molecular flexibility index (Phi) is 16.8. The Morgan fingerprint density at radius 1 is 0.978 bits per heavy atom. The number of aliphatic hydroxyl groups excluding tert-OH is 1. The standard InChI is InChI=1S/C29H38F5N3O6S.ClH/c1-3-5-9-44(41,42)17-25(37-28(40)43-18-29(32,33)34)27(39)36-24(13-21-11-22(30)14-23(31)12-21)26(38)16-35-15-20-8-6-7-19(4-2)10-20;/h6-8,10-12,14,24-26,35,38H,3-5,9,13,15-18H2,1-2H3,(H,36,39)(H,37,40);1H/t24-,25+,26+;/m0./s1. The average molecular weight is 688 g/mol. The highest BCUT2D eigenvalue weighted by Crippen LogP contribution is 2.15. The van der Waals surface area contributed by atoms with E-state index in [1.54, 1.807) is 6.92 Å². The molecule has 3 atom stereocenters. The highest BCUT2D eigenvalue weighted by Gasteiger charge is 2.33. The van der Waals surface area contributed by atoms with E-state index in [0.29, 0.717) is 19.0 Å².